The van der Waals surface area contributed by atoms with Crippen molar-refractivity contribution in [3.05, 3.63) is 70.1 Å². The van der Waals surface area contributed by atoms with Crippen molar-refractivity contribution in [2.24, 2.45) is 9.98 Å². The molecule has 0 spiro atoms. The van der Waals surface area contributed by atoms with Gasteiger partial charge in [0.1, 0.15) is 0 Å². The largest absolute Gasteiger partial charge is 0.355 e. The number of guanidine groups is 1. The number of nitrogens with one attached hydrogen (secondary N) is 1. The average Bonchev–Trinajstić information content (AvgIpc) is 3.16. The van der Waals surface area contributed by atoms with Crippen LogP contribution < -0.4 is 5.32 Å². The Bertz CT molecular complexity index is 1090. The number of rotatable bonds is 4. The number of hydrogen-bond acceptors (Lipinski definition) is 7. The molecule has 2 aromatic carbocycles. The Labute approximate surface area is 173 Å². The van der Waals surface area contributed by atoms with Gasteiger partial charge in [0.2, 0.25) is 12.3 Å². The summed E-state index contributed by atoms with van der Waals surface area (Å²) in [7, 11) is 0. The van der Waals surface area contributed by atoms with Gasteiger partial charge < -0.3 is 15.3 Å². The molecule has 2 heterocycles. The van der Waals surface area contributed by atoms with Gasteiger partial charge in [0.25, 0.3) is 0 Å². The van der Waals surface area contributed by atoms with Gasteiger partial charge in [0.05, 0.1) is 12.0 Å². The van der Waals surface area contributed by atoms with Crippen molar-refractivity contribution in [1.29, 1.82) is 0 Å². The van der Waals surface area contributed by atoms with Crippen LogP contribution in [0.3, 0.4) is 0 Å². The van der Waals surface area contributed by atoms with E-state index in [1.165, 1.54) is 23.7 Å². The number of aliphatic imine (C=N–C) groups is 2. The van der Waals surface area contributed by atoms with Crippen molar-refractivity contribution < 1.29 is 13.9 Å². The third-order valence-electron chi connectivity index (χ3n) is 4.08. The average molecular weight is 434 g/mol. The molecule has 3 aromatic rings. The van der Waals surface area contributed by atoms with E-state index in [1.807, 2.05) is 12.1 Å². The van der Waals surface area contributed by atoms with Gasteiger partial charge in [-0.05, 0) is 35.9 Å². The van der Waals surface area contributed by atoms with E-state index in [4.69, 9.17) is 11.6 Å². The van der Waals surface area contributed by atoms with Gasteiger partial charge in [-0.2, -0.15) is 4.99 Å². The molecule has 0 radical (unpaired) electrons. The van der Waals surface area contributed by atoms with Crippen molar-refractivity contribution in [2.75, 3.05) is 5.32 Å². The zero-order chi connectivity index (χ0) is 20.4. The van der Waals surface area contributed by atoms with Crippen LogP contribution in [0.15, 0.2) is 57.8 Å². The number of halogens is 3. The maximum absolute atomic E-state index is 13.4. The molecular weight excluding hydrogens is 420 g/mol. The van der Waals surface area contributed by atoms with Crippen LogP contribution in [0.5, 0.6) is 0 Å². The van der Waals surface area contributed by atoms with E-state index >= 15 is 0 Å². The number of anilines is 1. The molecule has 0 saturated carbocycles. The minimum atomic E-state index is -1.11. The summed E-state index contributed by atoms with van der Waals surface area (Å²) < 4.78 is 26.5. The van der Waals surface area contributed by atoms with E-state index in [9.17, 15) is 13.9 Å². The van der Waals surface area contributed by atoms with Gasteiger partial charge in [-0.3, -0.25) is 0 Å². The molecule has 0 amide bonds. The summed E-state index contributed by atoms with van der Waals surface area (Å²) in [5.74, 6) is -1.66. The third kappa shape index (κ3) is 4.58. The van der Waals surface area contributed by atoms with Crippen LogP contribution in [-0.2, 0) is 6.54 Å². The second-order valence-electron chi connectivity index (χ2n) is 6.13. The minimum absolute atomic E-state index is 0.191. The lowest BCUT2D eigenvalue weighted by Crippen LogP contribution is -2.37. The highest BCUT2D eigenvalue weighted by Crippen LogP contribution is 2.26. The molecule has 1 aliphatic heterocycles. The zero-order valence-electron chi connectivity index (χ0n) is 14.8. The fraction of sp³-hybridized carbons (Fsp3) is 0.105. The van der Waals surface area contributed by atoms with Crippen LogP contribution in [0.1, 0.15) is 5.56 Å². The van der Waals surface area contributed by atoms with Crippen LogP contribution in [0.25, 0.3) is 11.3 Å². The molecular formula is C19H14ClF2N5OS. The number of thiazole rings is 1. The summed E-state index contributed by atoms with van der Waals surface area (Å²) in [6.07, 6.45) is 0.370. The molecule has 148 valence electrons. The maximum Gasteiger partial charge on any atom is 0.230 e. The standard InChI is InChI=1S/C19H14ClF2N5OS/c20-13-4-1-11(2-5-13)8-27-10-23-17(26-19(27)28)25-18-24-16(9-29-18)12-3-6-14(21)15(22)7-12/h1-7,9-10,19,28H,8H2,(H,24,25,26). The Kier molecular flexibility index (Phi) is 5.52. The predicted molar refractivity (Wildman–Crippen MR) is 110 cm³/mol. The number of aliphatic hydroxyl groups is 1. The first-order valence-electron chi connectivity index (χ1n) is 8.46. The first-order chi connectivity index (χ1) is 14.0. The molecule has 0 saturated heterocycles. The molecule has 10 heteroatoms. The van der Waals surface area contributed by atoms with Crippen molar-refractivity contribution in [2.45, 2.75) is 12.9 Å². The molecule has 0 aliphatic carbocycles. The maximum atomic E-state index is 13.4. The summed E-state index contributed by atoms with van der Waals surface area (Å²) in [6.45, 7) is 0.413. The molecule has 4 rings (SSSR count). The monoisotopic (exact) mass is 433 g/mol. The molecule has 0 fully saturated rings. The summed E-state index contributed by atoms with van der Waals surface area (Å²) in [5, 5.41) is 16.0. The highest BCUT2D eigenvalue weighted by atomic mass is 35.5. The van der Waals surface area contributed by atoms with Crippen LogP contribution in [0.4, 0.5) is 13.9 Å². The molecule has 1 unspecified atom stereocenters. The summed E-state index contributed by atoms with van der Waals surface area (Å²) in [5.41, 5.74) is 1.89. The Hall–Kier alpha value is -2.88. The Balaban J connectivity index is 1.42. The fourth-order valence-electron chi connectivity index (χ4n) is 2.61. The van der Waals surface area contributed by atoms with E-state index in [0.717, 1.165) is 17.7 Å². The number of hydrogen-bond donors (Lipinski definition) is 2. The lowest BCUT2D eigenvalue weighted by Gasteiger charge is -2.26. The van der Waals surface area contributed by atoms with Gasteiger partial charge in [-0.25, -0.2) is 18.8 Å². The van der Waals surface area contributed by atoms with Gasteiger partial charge >= 0.3 is 0 Å². The second-order valence-corrected chi connectivity index (χ2v) is 7.43. The van der Waals surface area contributed by atoms with E-state index in [1.54, 1.807) is 22.4 Å². The van der Waals surface area contributed by atoms with Gasteiger partial charge in [0.15, 0.2) is 16.8 Å². The second kappa shape index (κ2) is 8.24. The van der Waals surface area contributed by atoms with Crippen LogP contribution >= 0.6 is 22.9 Å². The molecule has 1 atom stereocenters. The topological polar surface area (TPSA) is 73.1 Å². The highest BCUT2D eigenvalue weighted by Gasteiger charge is 2.18. The fourth-order valence-corrected chi connectivity index (χ4v) is 3.45. The molecule has 2 N–H and O–H groups in total. The number of nitrogens with zero attached hydrogens (tertiary/aromatic N) is 4. The first kappa shape index (κ1) is 19.4. The highest BCUT2D eigenvalue weighted by molar-refractivity contribution is 7.14. The van der Waals surface area contributed by atoms with E-state index in [-0.39, 0.29) is 5.96 Å². The van der Waals surface area contributed by atoms with E-state index in [2.05, 4.69) is 20.3 Å². The van der Waals surface area contributed by atoms with Gasteiger partial charge in [0, 0.05) is 22.5 Å². The minimum Gasteiger partial charge on any atom is -0.355 e. The van der Waals surface area contributed by atoms with Crippen molar-refractivity contribution in [1.82, 2.24) is 9.88 Å². The molecule has 6 nitrogen and oxygen atoms in total. The Morgan fingerprint density at radius 2 is 1.93 bits per heavy atom. The van der Waals surface area contributed by atoms with Crippen LogP contribution in [-0.4, -0.2) is 33.6 Å². The summed E-state index contributed by atoms with van der Waals surface area (Å²) in [4.78, 5) is 14.2. The van der Waals surface area contributed by atoms with Crippen LogP contribution in [0.2, 0.25) is 5.02 Å². The van der Waals surface area contributed by atoms with Gasteiger partial charge in [-0.1, -0.05) is 23.7 Å². The van der Waals surface area contributed by atoms with Gasteiger partial charge in [-0.15, -0.1) is 11.3 Å². The molecule has 1 aromatic heterocycles. The molecule has 0 bridgehead atoms. The van der Waals surface area contributed by atoms with Crippen molar-refractivity contribution in [3.8, 4) is 11.3 Å². The predicted octanol–water partition coefficient (Wildman–Crippen LogP) is 4.33. The summed E-state index contributed by atoms with van der Waals surface area (Å²) >= 11 is 7.13. The van der Waals surface area contributed by atoms with E-state index < -0.39 is 18.0 Å². The normalized spacial score (nSPS) is 16.1. The molecule has 1 aliphatic rings. The van der Waals surface area contributed by atoms with Crippen molar-refractivity contribution >= 4 is 40.4 Å². The smallest absolute Gasteiger partial charge is 0.230 e. The Morgan fingerprint density at radius 3 is 2.66 bits per heavy atom. The Morgan fingerprint density at radius 1 is 1.14 bits per heavy atom. The number of aliphatic hydroxyl groups excluding tert-OH is 1. The summed E-state index contributed by atoms with van der Waals surface area (Å²) in [6, 6.07) is 10.8. The third-order valence-corrected chi connectivity index (χ3v) is 5.09. The molecule has 29 heavy (non-hydrogen) atoms. The quantitative estimate of drug-likeness (QED) is 0.642. The number of benzene rings is 2. The van der Waals surface area contributed by atoms with E-state index in [0.29, 0.717) is 28.0 Å². The lowest BCUT2D eigenvalue weighted by molar-refractivity contribution is 0.0586. The lowest BCUT2D eigenvalue weighted by atomic mass is 10.2. The number of aromatic nitrogens is 1. The zero-order valence-corrected chi connectivity index (χ0v) is 16.3. The SMILES string of the molecule is OC1N=C(Nc2nc(-c3ccc(F)c(F)c3)cs2)N=CN1Cc1ccc(Cl)cc1. The van der Waals surface area contributed by atoms with Crippen molar-refractivity contribution in [3.63, 3.8) is 0 Å². The van der Waals surface area contributed by atoms with Crippen LogP contribution in [0, 0.1) is 11.6 Å². The first-order valence-corrected chi connectivity index (χ1v) is 9.72.